The fraction of sp³-hybridized carbons (Fsp3) is 0.304. The van der Waals surface area contributed by atoms with Crippen LogP contribution in [0.3, 0.4) is 0 Å². The Morgan fingerprint density at radius 1 is 0.970 bits per heavy atom. The monoisotopic (exact) mass is 466 g/mol. The van der Waals surface area contributed by atoms with E-state index < -0.39 is 35.2 Å². The molecule has 0 saturated carbocycles. The van der Waals surface area contributed by atoms with Gasteiger partial charge in [0.15, 0.2) is 6.10 Å². The van der Waals surface area contributed by atoms with E-state index in [1.165, 1.54) is 50.4 Å². The maximum absolute atomic E-state index is 13.7. The highest BCUT2D eigenvalue weighted by atomic mass is 19.4. The van der Waals surface area contributed by atoms with Gasteiger partial charge in [-0.3, -0.25) is 4.79 Å². The number of alkyl halides is 3. The van der Waals surface area contributed by atoms with Crippen molar-refractivity contribution < 1.29 is 41.3 Å². The summed E-state index contributed by atoms with van der Waals surface area (Å²) in [4.78, 5) is 24.8. The third kappa shape index (κ3) is 5.57. The largest absolute Gasteiger partial charge is 0.497 e. The van der Waals surface area contributed by atoms with Crippen molar-refractivity contribution in [1.82, 2.24) is 0 Å². The molecule has 10 heteroatoms. The van der Waals surface area contributed by atoms with Crippen LogP contribution in [0.1, 0.15) is 26.5 Å². The lowest BCUT2D eigenvalue weighted by molar-refractivity contribution is -0.155. The highest BCUT2D eigenvalue weighted by molar-refractivity contribution is 5.80. The molecule has 0 aliphatic heterocycles. The van der Waals surface area contributed by atoms with E-state index in [9.17, 15) is 22.8 Å². The van der Waals surface area contributed by atoms with Crippen molar-refractivity contribution >= 4 is 16.9 Å². The number of hydrogen-bond acceptors (Lipinski definition) is 7. The fourth-order valence-electron chi connectivity index (χ4n) is 2.85. The second-order valence-electron chi connectivity index (χ2n) is 7.27. The average molecular weight is 466 g/mol. The summed E-state index contributed by atoms with van der Waals surface area (Å²) in [7, 11) is 1.43. The molecule has 1 heterocycles. The van der Waals surface area contributed by atoms with E-state index in [1.54, 1.807) is 13.8 Å². The van der Waals surface area contributed by atoms with Crippen molar-refractivity contribution in [1.29, 1.82) is 0 Å². The van der Waals surface area contributed by atoms with Gasteiger partial charge < -0.3 is 23.4 Å². The van der Waals surface area contributed by atoms with Crippen LogP contribution in [0.15, 0.2) is 51.7 Å². The molecule has 0 fully saturated rings. The maximum Gasteiger partial charge on any atom is 0.453 e. The van der Waals surface area contributed by atoms with Gasteiger partial charge in [-0.1, -0.05) is 0 Å². The molecule has 0 spiro atoms. The zero-order valence-corrected chi connectivity index (χ0v) is 18.2. The lowest BCUT2D eigenvalue weighted by atomic mass is 10.2. The molecule has 0 bridgehead atoms. The minimum Gasteiger partial charge on any atom is -0.497 e. The van der Waals surface area contributed by atoms with E-state index in [0.29, 0.717) is 5.75 Å². The molecule has 33 heavy (non-hydrogen) atoms. The second-order valence-corrected chi connectivity index (χ2v) is 7.27. The molecule has 3 rings (SSSR count). The summed E-state index contributed by atoms with van der Waals surface area (Å²) in [6.45, 7) is 4.76. The van der Waals surface area contributed by atoms with E-state index in [-0.39, 0.29) is 28.6 Å². The van der Waals surface area contributed by atoms with Crippen molar-refractivity contribution in [3.63, 3.8) is 0 Å². The van der Waals surface area contributed by atoms with Gasteiger partial charge in [0.25, 0.3) is 5.76 Å². The Kier molecular flexibility index (Phi) is 6.85. The molecule has 0 aliphatic rings. The summed E-state index contributed by atoms with van der Waals surface area (Å²) < 4.78 is 66.8. The first kappa shape index (κ1) is 24.0. The fourth-order valence-corrected chi connectivity index (χ4v) is 2.85. The van der Waals surface area contributed by atoms with Gasteiger partial charge in [-0.2, -0.15) is 13.2 Å². The zero-order chi connectivity index (χ0) is 24.3. The number of fused-ring (bicyclic) bond motifs is 1. The Labute approximate surface area is 186 Å². The van der Waals surface area contributed by atoms with Crippen LogP contribution in [-0.4, -0.2) is 25.3 Å². The molecular weight excluding hydrogens is 445 g/mol. The first-order valence-electron chi connectivity index (χ1n) is 9.86. The molecule has 176 valence electrons. The molecule has 1 aromatic heterocycles. The van der Waals surface area contributed by atoms with Crippen LogP contribution in [0.5, 0.6) is 23.0 Å². The predicted molar refractivity (Wildman–Crippen MR) is 112 cm³/mol. The summed E-state index contributed by atoms with van der Waals surface area (Å²) in [5.41, 5.74) is -1.39. The molecule has 2 aromatic carbocycles. The van der Waals surface area contributed by atoms with Gasteiger partial charge in [-0.15, -0.1) is 0 Å². The van der Waals surface area contributed by atoms with Crippen LogP contribution in [0.2, 0.25) is 0 Å². The van der Waals surface area contributed by atoms with Gasteiger partial charge in [0.1, 0.15) is 22.8 Å². The van der Waals surface area contributed by atoms with Crippen LogP contribution in [-0.2, 0) is 15.7 Å². The zero-order valence-electron chi connectivity index (χ0n) is 18.2. The molecule has 0 radical (unpaired) electrons. The number of halogens is 3. The highest BCUT2D eigenvalue weighted by Gasteiger charge is 2.40. The smallest absolute Gasteiger partial charge is 0.453 e. The standard InChI is InChI=1S/C23H21F3O7/c1-12(2)30-22(28)13(3)31-16-9-10-17-18(11-16)33-21(23(24,25)26)20(19(17)27)32-15-7-5-14(29-4)6-8-15/h5-13H,1-4H3/t13-/m0/s1. The molecule has 0 unspecified atom stereocenters. The Hall–Kier alpha value is -3.69. The van der Waals surface area contributed by atoms with Crippen molar-refractivity contribution in [3.05, 3.63) is 58.4 Å². The topological polar surface area (TPSA) is 84.2 Å². The molecule has 1 atom stereocenters. The number of hydrogen-bond donors (Lipinski definition) is 0. The van der Waals surface area contributed by atoms with E-state index in [2.05, 4.69) is 0 Å². The quantitative estimate of drug-likeness (QED) is 0.435. The van der Waals surface area contributed by atoms with Crippen molar-refractivity contribution in [2.75, 3.05) is 7.11 Å². The molecule has 7 nitrogen and oxygen atoms in total. The lowest BCUT2D eigenvalue weighted by Crippen LogP contribution is -2.28. The van der Waals surface area contributed by atoms with E-state index in [1.807, 2.05) is 0 Å². The molecule has 0 amide bonds. The second kappa shape index (κ2) is 9.43. The summed E-state index contributed by atoms with van der Waals surface area (Å²) in [6.07, 6.45) is -6.41. The molecule has 0 aliphatic carbocycles. The first-order chi connectivity index (χ1) is 15.5. The number of benzene rings is 2. The van der Waals surface area contributed by atoms with Crippen LogP contribution in [0, 0.1) is 0 Å². The minimum absolute atomic E-state index is 0.00890. The Balaban J connectivity index is 2.01. The molecule has 0 N–H and O–H groups in total. The highest BCUT2D eigenvalue weighted by Crippen LogP contribution is 2.39. The predicted octanol–water partition coefficient (Wildman–Crippen LogP) is 5.33. The summed E-state index contributed by atoms with van der Waals surface area (Å²) >= 11 is 0. The SMILES string of the molecule is COc1ccc(Oc2c(C(F)(F)F)oc3cc(O[C@@H](C)C(=O)OC(C)C)ccc3c2=O)cc1. The van der Waals surface area contributed by atoms with Gasteiger partial charge in [0, 0.05) is 6.07 Å². The first-order valence-corrected chi connectivity index (χ1v) is 9.86. The van der Waals surface area contributed by atoms with Gasteiger partial charge in [-0.25, -0.2) is 4.79 Å². The average Bonchev–Trinajstić information content (AvgIpc) is 2.74. The van der Waals surface area contributed by atoms with Crippen molar-refractivity contribution in [3.8, 4) is 23.0 Å². The third-order valence-corrected chi connectivity index (χ3v) is 4.36. The number of carbonyl (C=O) groups is 1. The van der Waals surface area contributed by atoms with E-state index in [0.717, 1.165) is 6.07 Å². The van der Waals surface area contributed by atoms with Crippen LogP contribution in [0.4, 0.5) is 13.2 Å². The third-order valence-electron chi connectivity index (χ3n) is 4.36. The lowest BCUT2D eigenvalue weighted by Gasteiger charge is -2.16. The maximum atomic E-state index is 13.7. The van der Waals surface area contributed by atoms with E-state index in [4.69, 9.17) is 23.4 Å². The molecule has 3 aromatic rings. The van der Waals surface area contributed by atoms with Crippen LogP contribution < -0.4 is 19.6 Å². The Morgan fingerprint density at radius 2 is 1.58 bits per heavy atom. The summed E-state index contributed by atoms with van der Waals surface area (Å²) in [6, 6.07) is 9.33. The minimum atomic E-state index is -5.01. The molecule has 0 saturated heterocycles. The van der Waals surface area contributed by atoms with Gasteiger partial charge in [-0.05, 0) is 57.2 Å². The van der Waals surface area contributed by atoms with Crippen molar-refractivity contribution in [2.24, 2.45) is 0 Å². The number of methoxy groups -OCH3 is 1. The Morgan fingerprint density at radius 3 is 2.15 bits per heavy atom. The van der Waals surface area contributed by atoms with E-state index >= 15 is 0 Å². The van der Waals surface area contributed by atoms with Crippen LogP contribution >= 0.6 is 0 Å². The summed E-state index contributed by atoms with van der Waals surface area (Å²) in [5, 5.41) is -0.156. The number of rotatable bonds is 7. The number of ether oxygens (including phenoxy) is 4. The number of carbonyl (C=O) groups excluding carboxylic acids is 1. The summed E-state index contributed by atoms with van der Waals surface area (Å²) in [5.74, 6) is -2.77. The normalized spacial score (nSPS) is 12.5. The van der Waals surface area contributed by atoms with Crippen LogP contribution in [0.25, 0.3) is 11.0 Å². The van der Waals surface area contributed by atoms with Crippen molar-refractivity contribution in [2.45, 2.75) is 39.2 Å². The number of esters is 1. The van der Waals surface area contributed by atoms with Gasteiger partial charge in [0.2, 0.25) is 11.2 Å². The van der Waals surface area contributed by atoms with Gasteiger partial charge in [0.05, 0.1) is 18.6 Å². The molecular formula is C23H21F3O7. The van der Waals surface area contributed by atoms with Gasteiger partial charge >= 0.3 is 12.1 Å². The Bertz CT molecular complexity index is 1200.